The zero-order chi connectivity index (χ0) is 20.5. The number of hydrogen-bond donors (Lipinski definition) is 0. The predicted octanol–water partition coefficient (Wildman–Crippen LogP) is 8.30. The molecule has 1 nitrogen and oxygen atoms in total. The van der Waals surface area contributed by atoms with Crippen LogP contribution in [0, 0.1) is 6.92 Å². The number of hydrogen-bond acceptors (Lipinski definition) is 2. The van der Waals surface area contributed by atoms with Gasteiger partial charge < -0.3 is 0 Å². The van der Waals surface area contributed by atoms with Crippen LogP contribution in [0.1, 0.15) is 16.7 Å². The number of allylic oxidation sites excluding steroid dienone is 1. The van der Waals surface area contributed by atoms with Crippen LogP contribution >= 0.6 is 11.3 Å². The lowest BCUT2D eigenvalue weighted by Gasteiger charge is -2.14. The average Bonchev–Trinajstić information content (AvgIpc) is 3.17. The Hall–Kier alpha value is -3.49. The van der Waals surface area contributed by atoms with Crippen LogP contribution in [0.15, 0.2) is 79.0 Å². The summed E-state index contributed by atoms with van der Waals surface area (Å²) in [6, 6.07) is 24.5. The van der Waals surface area contributed by atoms with Crippen molar-refractivity contribution in [2.24, 2.45) is 0 Å². The normalized spacial score (nSPS) is 13.1. The minimum absolute atomic E-state index is 1.02. The second kappa shape index (κ2) is 6.26. The van der Waals surface area contributed by atoms with Crippen molar-refractivity contribution in [2.75, 3.05) is 0 Å². The number of thiophene rings is 1. The fraction of sp³-hybridized carbons (Fsp3) is 0.0690. The molecule has 31 heavy (non-hydrogen) atoms. The quantitative estimate of drug-likeness (QED) is 0.264. The van der Waals surface area contributed by atoms with Gasteiger partial charge >= 0.3 is 0 Å². The van der Waals surface area contributed by atoms with Gasteiger partial charge in [-0.15, -0.1) is 11.3 Å². The van der Waals surface area contributed by atoms with E-state index >= 15 is 0 Å². The molecule has 2 heteroatoms. The van der Waals surface area contributed by atoms with Gasteiger partial charge in [-0.25, -0.2) is 0 Å². The molecular formula is C29H19NS. The van der Waals surface area contributed by atoms with Crippen molar-refractivity contribution in [1.29, 1.82) is 0 Å². The molecule has 6 aromatic rings. The van der Waals surface area contributed by atoms with Gasteiger partial charge in [-0.2, -0.15) is 0 Å². The molecule has 0 fully saturated rings. The first-order valence-corrected chi connectivity index (χ1v) is 11.5. The van der Waals surface area contributed by atoms with Crippen LogP contribution in [0.2, 0.25) is 0 Å². The predicted molar refractivity (Wildman–Crippen MR) is 135 cm³/mol. The standard InChI is InChI=1S/C29H19NS/c1-17-22-10-3-2-6-21(22)16-30-29(17)20-12-13-25-24(14-20)28-23-11-5-8-18-7-4-9-19(27(18)23)15-26(28)31-25/h2-6,8-16H,7H2,1H3. The van der Waals surface area contributed by atoms with Crippen LogP contribution in [0.3, 0.4) is 0 Å². The van der Waals surface area contributed by atoms with Gasteiger partial charge in [-0.05, 0) is 64.4 Å². The molecule has 4 aromatic carbocycles. The Kier molecular flexibility index (Phi) is 3.47. The zero-order valence-electron chi connectivity index (χ0n) is 17.1. The molecule has 2 heterocycles. The molecule has 0 saturated heterocycles. The minimum Gasteiger partial charge on any atom is -0.255 e. The maximum atomic E-state index is 4.86. The molecule has 1 aliphatic carbocycles. The molecule has 0 atom stereocenters. The summed E-state index contributed by atoms with van der Waals surface area (Å²) in [5.41, 5.74) is 6.29. The molecular weight excluding hydrogens is 394 g/mol. The van der Waals surface area contributed by atoms with E-state index in [1.807, 2.05) is 17.5 Å². The van der Waals surface area contributed by atoms with Crippen LogP contribution in [-0.2, 0) is 6.42 Å². The van der Waals surface area contributed by atoms with E-state index in [0.717, 1.165) is 12.1 Å². The Bertz CT molecular complexity index is 1720. The van der Waals surface area contributed by atoms with Crippen LogP contribution in [0.25, 0.3) is 59.1 Å². The Morgan fingerprint density at radius 3 is 2.68 bits per heavy atom. The van der Waals surface area contributed by atoms with Gasteiger partial charge in [-0.3, -0.25) is 4.98 Å². The number of aryl methyl sites for hydroxylation is 1. The largest absolute Gasteiger partial charge is 0.255 e. The summed E-state index contributed by atoms with van der Waals surface area (Å²) in [5.74, 6) is 0. The lowest BCUT2D eigenvalue weighted by atomic mass is 9.90. The Balaban J connectivity index is 1.56. The van der Waals surface area contributed by atoms with E-state index in [1.165, 1.54) is 64.0 Å². The van der Waals surface area contributed by atoms with Gasteiger partial charge in [0, 0.05) is 37.3 Å². The van der Waals surface area contributed by atoms with Crippen molar-refractivity contribution in [1.82, 2.24) is 4.98 Å². The van der Waals surface area contributed by atoms with E-state index in [2.05, 4.69) is 85.8 Å². The summed E-state index contributed by atoms with van der Waals surface area (Å²) in [5, 5.41) is 7.99. The molecule has 0 spiro atoms. The zero-order valence-corrected chi connectivity index (χ0v) is 18.0. The summed E-state index contributed by atoms with van der Waals surface area (Å²) < 4.78 is 2.70. The van der Waals surface area contributed by atoms with Crippen molar-refractivity contribution in [3.05, 3.63) is 95.7 Å². The number of benzene rings is 4. The molecule has 0 aliphatic heterocycles. The summed E-state index contributed by atoms with van der Waals surface area (Å²) >= 11 is 1.89. The second-order valence-corrected chi connectivity index (χ2v) is 9.50. The van der Waals surface area contributed by atoms with Crippen LogP contribution in [-0.4, -0.2) is 4.98 Å². The van der Waals surface area contributed by atoms with E-state index in [4.69, 9.17) is 4.98 Å². The summed E-state index contributed by atoms with van der Waals surface area (Å²) in [7, 11) is 0. The first-order chi connectivity index (χ1) is 15.3. The number of rotatable bonds is 1. The van der Waals surface area contributed by atoms with Crippen molar-refractivity contribution < 1.29 is 0 Å². The third-order valence-electron chi connectivity index (χ3n) is 6.67. The maximum Gasteiger partial charge on any atom is 0.0737 e. The van der Waals surface area contributed by atoms with E-state index in [9.17, 15) is 0 Å². The van der Waals surface area contributed by atoms with Crippen LogP contribution in [0.4, 0.5) is 0 Å². The fourth-order valence-electron chi connectivity index (χ4n) is 5.22. The smallest absolute Gasteiger partial charge is 0.0737 e. The highest BCUT2D eigenvalue weighted by molar-refractivity contribution is 7.26. The maximum absolute atomic E-state index is 4.86. The van der Waals surface area contributed by atoms with Crippen molar-refractivity contribution in [3.8, 4) is 11.3 Å². The molecule has 2 aromatic heterocycles. The second-order valence-electron chi connectivity index (χ2n) is 8.42. The topological polar surface area (TPSA) is 12.9 Å². The first-order valence-electron chi connectivity index (χ1n) is 10.7. The van der Waals surface area contributed by atoms with Crippen LogP contribution < -0.4 is 0 Å². The lowest BCUT2D eigenvalue weighted by molar-refractivity contribution is 1.30. The van der Waals surface area contributed by atoms with Gasteiger partial charge in [0.25, 0.3) is 0 Å². The average molecular weight is 414 g/mol. The highest BCUT2D eigenvalue weighted by atomic mass is 32.1. The van der Waals surface area contributed by atoms with Gasteiger partial charge in [0.05, 0.1) is 5.69 Å². The molecule has 0 radical (unpaired) electrons. The molecule has 7 rings (SSSR count). The summed E-state index contributed by atoms with van der Waals surface area (Å²) in [4.78, 5) is 4.86. The number of aromatic nitrogens is 1. The highest BCUT2D eigenvalue weighted by Gasteiger charge is 2.16. The van der Waals surface area contributed by atoms with E-state index in [0.29, 0.717) is 0 Å². The van der Waals surface area contributed by atoms with E-state index in [1.54, 1.807) is 0 Å². The highest BCUT2D eigenvalue weighted by Crippen LogP contribution is 2.43. The molecule has 1 aliphatic rings. The van der Waals surface area contributed by atoms with Gasteiger partial charge in [0.1, 0.15) is 0 Å². The Labute approximate surface area is 184 Å². The summed E-state index contributed by atoms with van der Waals surface area (Å²) in [6.45, 7) is 2.19. The molecule has 146 valence electrons. The first kappa shape index (κ1) is 17.2. The Morgan fingerprint density at radius 2 is 1.71 bits per heavy atom. The van der Waals surface area contributed by atoms with Gasteiger partial charge in [-0.1, -0.05) is 60.7 Å². The van der Waals surface area contributed by atoms with Gasteiger partial charge in [0.2, 0.25) is 0 Å². The fourth-order valence-corrected chi connectivity index (χ4v) is 6.37. The number of pyridine rings is 1. The van der Waals surface area contributed by atoms with E-state index < -0.39 is 0 Å². The molecule has 0 saturated carbocycles. The summed E-state index contributed by atoms with van der Waals surface area (Å²) in [6.07, 6.45) is 7.58. The molecule has 0 amide bonds. The third kappa shape index (κ3) is 2.40. The lowest BCUT2D eigenvalue weighted by Crippen LogP contribution is -1.92. The molecule has 0 N–H and O–H groups in total. The van der Waals surface area contributed by atoms with Gasteiger partial charge in [0.15, 0.2) is 0 Å². The van der Waals surface area contributed by atoms with Crippen LogP contribution in [0.5, 0.6) is 0 Å². The number of fused-ring (bicyclic) bond motifs is 5. The number of nitrogens with zero attached hydrogens (tertiary/aromatic N) is 1. The minimum atomic E-state index is 1.02. The molecule has 0 bridgehead atoms. The third-order valence-corrected chi connectivity index (χ3v) is 7.79. The SMILES string of the molecule is Cc1c(-c2ccc3sc4cc5c6c(cccc6c4c3c2)CC=C5)ncc2ccccc12. The monoisotopic (exact) mass is 413 g/mol. The van der Waals surface area contributed by atoms with E-state index in [-0.39, 0.29) is 0 Å². The molecule has 0 unspecified atom stereocenters. The van der Waals surface area contributed by atoms with Crippen molar-refractivity contribution in [3.63, 3.8) is 0 Å². The van der Waals surface area contributed by atoms with Crippen molar-refractivity contribution in [2.45, 2.75) is 13.3 Å². The Morgan fingerprint density at radius 1 is 0.806 bits per heavy atom. The van der Waals surface area contributed by atoms with Crippen molar-refractivity contribution >= 4 is 59.1 Å².